The van der Waals surface area contributed by atoms with Crippen LogP contribution in [0.15, 0.2) is 54.9 Å². The van der Waals surface area contributed by atoms with Gasteiger partial charge in [-0.1, -0.05) is 12.1 Å². The maximum absolute atomic E-state index is 13.6. The Morgan fingerprint density at radius 1 is 1.00 bits per heavy atom. The summed E-state index contributed by atoms with van der Waals surface area (Å²) in [5.74, 6) is -1.08. The first-order valence-electron chi connectivity index (χ1n) is 8.08. The number of carbonyl (C=O) groups excluding carboxylic acids is 1. The molecule has 1 amide bonds. The molecule has 0 fully saturated rings. The van der Waals surface area contributed by atoms with Crippen molar-refractivity contribution >= 4 is 5.91 Å². The van der Waals surface area contributed by atoms with E-state index >= 15 is 0 Å². The minimum atomic E-state index is -5.04. The molecular formula is C18H12F6N4O. The maximum atomic E-state index is 13.6. The summed E-state index contributed by atoms with van der Waals surface area (Å²) in [5.41, 5.74) is -3.49. The van der Waals surface area contributed by atoms with Gasteiger partial charge in [0.05, 0.1) is 35.2 Å². The zero-order valence-corrected chi connectivity index (χ0v) is 14.4. The summed E-state index contributed by atoms with van der Waals surface area (Å²) in [7, 11) is 0. The second-order valence-corrected chi connectivity index (χ2v) is 5.87. The summed E-state index contributed by atoms with van der Waals surface area (Å²) in [6.07, 6.45) is -7.67. The van der Waals surface area contributed by atoms with E-state index in [0.29, 0.717) is 18.0 Å². The third-order valence-corrected chi connectivity index (χ3v) is 3.86. The molecule has 0 saturated carbocycles. The third kappa shape index (κ3) is 4.55. The van der Waals surface area contributed by atoms with E-state index in [1.165, 1.54) is 6.20 Å². The van der Waals surface area contributed by atoms with Crippen molar-refractivity contribution in [3.05, 3.63) is 77.4 Å². The van der Waals surface area contributed by atoms with Crippen LogP contribution in [0.4, 0.5) is 26.3 Å². The van der Waals surface area contributed by atoms with Gasteiger partial charge < -0.3 is 5.32 Å². The normalized spacial score (nSPS) is 12.1. The SMILES string of the molecule is O=C(NCc1ccccn1)c1cnn(-c2cccc(C(F)(F)F)c2)c1C(F)(F)F. The topological polar surface area (TPSA) is 59.8 Å². The van der Waals surface area contributed by atoms with E-state index in [-0.39, 0.29) is 11.2 Å². The number of hydrogen-bond acceptors (Lipinski definition) is 3. The fraction of sp³-hybridized carbons (Fsp3) is 0.167. The summed E-state index contributed by atoms with van der Waals surface area (Å²) in [6, 6.07) is 8.08. The van der Waals surface area contributed by atoms with Gasteiger partial charge in [-0.05, 0) is 30.3 Å². The first kappa shape index (κ1) is 20.4. The lowest BCUT2D eigenvalue weighted by Crippen LogP contribution is -2.26. The van der Waals surface area contributed by atoms with Gasteiger partial charge in [0.25, 0.3) is 5.91 Å². The van der Waals surface area contributed by atoms with Crippen LogP contribution in [-0.2, 0) is 18.9 Å². The number of pyridine rings is 1. The average molecular weight is 414 g/mol. The van der Waals surface area contributed by atoms with Gasteiger partial charge in [-0.25, -0.2) is 4.68 Å². The van der Waals surface area contributed by atoms with E-state index in [4.69, 9.17) is 0 Å². The molecule has 0 saturated heterocycles. The standard InChI is InChI=1S/C18H12F6N4O/c19-17(20,21)11-4-3-6-13(8-11)28-15(18(22,23)24)14(10-27-28)16(29)26-9-12-5-1-2-7-25-12/h1-8,10H,9H2,(H,26,29). The molecule has 0 spiro atoms. The minimum Gasteiger partial charge on any atom is -0.346 e. The predicted molar refractivity (Wildman–Crippen MR) is 89.0 cm³/mol. The summed E-state index contributed by atoms with van der Waals surface area (Å²) in [4.78, 5) is 16.2. The van der Waals surface area contributed by atoms with Crippen LogP contribution in [0.5, 0.6) is 0 Å². The van der Waals surface area contributed by atoms with Crippen molar-refractivity contribution in [2.45, 2.75) is 18.9 Å². The number of halogens is 6. The van der Waals surface area contributed by atoms with E-state index in [1.807, 2.05) is 0 Å². The zero-order chi connectivity index (χ0) is 21.2. The van der Waals surface area contributed by atoms with Crippen LogP contribution in [-0.4, -0.2) is 20.7 Å². The number of rotatable bonds is 4. The van der Waals surface area contributed by atoms with Gasteiger partial charge in [0.2, 0.25) is 0 Å². The fourth-order valence-electron chi connectivity index (χ4n) is 2.57. The van der Waals surface area contributed by atoms with Crippen molar-refractivity contribution in [3.63, 3.8) is 0 Å². The fourth-order valence-corrected chi connectivity index (χ4v) is 2.57. The molecule has 0 aliphatic heterocycles. The smallest absolute Gasteiger partial charge is 0.346 e. The first-order valence-corrected chi connectivity index (χ1v) is 8.08. The molecule has 152 valence electrons. The monoisotopic (exact) mass is 414 g/mol. The molecule has 2 aromatic heterocycles. The van der Waals surface area contributed by atoms with E-state index < -0.39 is 40.8 Å². The Balaban J connectivity index is 1.97. The summed E-state index contributed by atoms with van der Waals surface area (Å²) in [6.45, 7) is -0.133. The number of carbonyl (C=O) groups is 1. The molecule has 1 N–H and O–H groups in total. The molecule has 0 unspecified atom stereocenters. The molecule has 11 heteroatoms. The third-order valence-electron chi connectivity index (χ3n) is 3.86. The highest BCUT2D eigenvalue weighted by Gasteiger charge is 2.41. The van der Waals surface area contributed by atoms with Crippen LogP contribution in [0, 0.1) is 0 Å². The first-order chi connectivity index (χ1) is 13.6. The molecule has 1 aromatic carbocycles. The van der Waals surface area contributed by atoms with Crippen LogP contribution >= 0.6 is 0 Å². The Hall–Kier alpha value is -3.37. The number of nitrogens with one attached hydrogen (secondary N) is 1. The van der Waals surface area contributed by atoms with Crippen molar-refractivity contribution in [3.8, 4) is 5.69 Å². The van der Waals surface area contributed by atoms with Gasteiger partial charge in [0.15, 0.2) is 5.69 Å². The lowest BCUT2D eigenvalue weighted by Gasteiger charge is -2.14. The molecule has 0 aliphatic rings. The van der Waals surface area contributed by atoms with E-state index in [2.05, 4.69) is 15.4 Å². The number of hydrogen-bond donors (Lipinski definition) is 1. The van der Waals surface area contributed by atoms with Crippen LogP contribution in [0.1, 0.15) is 27.3 Å². The van der Waals surface area contributed by atoms with Gasteiger partial charge >= 0.3 is 12.4 Å². The van der Waals surface area contributed by atoms with Crippen LogP contribution in [0.3, 0.4) is 0 Å². The Morgan fingerprint density at radius 3 is 2.38 bits per heavy atom. The van der Waals surface area contributed by atoms with Crippen LogP contribution in [0.2, 0.25) is 0 Å². The number of aromatic nitrogens is 3. The van der Waals surface area contributed by atoms with Crippen molar-refractivity contribution in [2.75, 3.05) is 0 Å². The molecule has 5 nitrogen and oxygen atoms in total. The lowest BCUT2D eigenvalue weighted by atomic mass is 10.1. The molecular weight excluding hydrogens is 402 g/mol. The summed E-state index contributed by atoms with van der Waals surface area (Å²) >= 11 is 0. The molecule has 2 heterocycles. The Bertz CT molecular complexity index is 1010. The van der Waals surface area contributed by atoms with Crippen molar-refractivity contribution in [2.24, 2.45) is 0 Å². The molecule has 3 aromatic rings. The van der Waals surface area contributed by atoms with Crippen LogP contribution in [0.25, 0.3) is 5.69 Å². The molecule has 0 aliphatic carbocycles. The van der Waals surface area contributed by atoms with E-state index in [0.717, 1.165) is 18.2 Å². The Labute approximate surface area is 160 Å². The number of amides is 1. The predicted octanol–water partition coefficient (Wildman–Crippen LogP) is 4.23. The molecule has 0 radical (unpaired) electrons. The molecule has 0 atom stereocenters. The Kier molecular flexibility index (Phi) is 5.31. The molecule has 0 bridgehead atoms. The molecule has 29 heavy (non-hydrogen) atoms. The summed E-state index contributed by atoms with van der Waals surface area (Å²) in [5, 5.41) is 5.80. The van der Waals surface area contributed by atoms with Crippen LogP contribution < -0.4 is 5.32 Å². The van der Waals surface area contributed by atoms with Crippen molar-refractivity contribution < 1.29 is 31.1 Å². The lowest BCUT2D eigenvalue weighted by molar-refractivity contribution is -0.143. The van der Waals surface area contributed by atoms with Gasteiger partial charge in [0.1, 0.15) is 0 Å². The average Bonchev–Trinajstić information content (AvgIpc) is 3.12. The highest BCUT2D eigenvalue weighted by atomic mass is 19.4. The Morgan fingerprint density at radius 2 is 1.76 bits per heavy atom. The molecule has 3 rings (SSSR count). The summed E-state index contributed by atoms with van der Waals surface area (Å²) < 4.78 is 79.8. The number of nitrogens with zero attached hydrogens (tertiary/aromatic N) is 3. The van der Waals surface area contributed by atoms with E-state index in [1.54, 1.807) is 18.2 Å². The highest BCUT2D eigenvalue weighted by molar-refractivity contribution is 5.95. The van der Waals surface area contributed by atoms with Gasteiger partial charge in [-0.2, -0.15) is 31.4 Å². The van der Waals surface area contributed by atoms with E-state index in [9.17, 15) is 31.1 Å². The quantitative estimate of drug-likeness (QED) is 0.650. The zero-order valence-electron chi connectivity index (χ0n) is 14.4. The van der Waals surface area contributed by atoms with Gasteiger partial charge in [-0.3, -0.25) is 9.78 Å². The number of benzene rings is 1. The van der Waals surface area contributed by atoms with Gasteiger partial charge in [-0.15, -0.1) is 0 Å². The maximum Gasteiger partial charge on any atom is 0.434 e. The minimum absolute atomic E-state index is 0.133. The van der Waals surface area contributed by atoms with Gasteiger partial charge in [0, 0.05) is 6.20 Å². The van der Waals surface area contributed by atoms with Crippen molar-refractivity contribution in [1.29, 1.82) is 0 Å². The second-order valence-electron chi connectivity index (χ2n) is 5.87. The number of alkyl halides is 6. The van der Waals surface area contributed by atoms with Crippen molar-refractivity contribution in [1.82, 2.24) is 20.1 Å². The largest absolute Gasteiger partial charge is 0.434 e. The highest BCUT2D eigenvalue weighted by Crippen LogP contribution is 2.35. The second kappa shape index (κ2) is 7.57.